The van der Waals surface area contributed by atoms with Gasteiger partial charge in [-0.3, -0.25) is 19.7 Å². The van der Waals surface area contributed by atoms with E-state index >= 15 is 0 Å². The van der Waals surface area contributed by atoms with Gasteiger partial charge in [0.15, 0.2) is 0 Å². The van der Waals surface area contributed by atoms with E-state index in [0.29, 0.717) is 0 Å². The summed E-state index contributed by atoms with van der Waals surface area (Å²) in [5.41, 5.74) is 1.57. The molecule has 1 aliphatic heterocycles. The first kappa shape index (κ1) is 21.3. The highest BCUT2D eigenvalue weighted by molar-refractivity contribution is 6.07. The first-order valence-electron chi connectivity index (χ1n) is 11.2. The Morgan fingerprint density at radius 2 is 2.16 bits per heavy atom. The summed E-state index contributed by atoms with van der Waals surface area (Å²) in [6, 6.07) is 4.31. The van der Waals surface area contributed by atoms with Gasteiger partial charge in [-0.05, 0) is 50.8 Å². The molecule has 0 atom stereocenters. The molecular weight excluding hydrogens is 386 g/mol. The summed E-state index contributed by atoms with van der Waals surface area (Å²) in [6.07, 6.45) is 13.1. The zero-order valence-corrected chi connectivity index (χ0v) is 18.7. The fraction of sp³-hybridized carbons (Fsp3) is 0.480. The van der Waals surface area contributed by atoms with Crippen LogP contribution in [0.5, 0.6) is 0 Å². The zero-order valence-electron chi connectivity index (χ0n) is 18.7. The minimum atomic E-state index is -0.569. The molecule has 1 aliphatic carbocycles. The van der Waals surface area contributed by atoms with Gasteiger partial charge >= 0.3 is 0 Å². The third-order valence-corrected chi connectivity index (χ3v) is 6.44. The Labute approximate surface area is 183 Å². The highest BCUT2D eigenvalue weighted by atomic mass is 16.2. The predicted octanol–water partition coefficient (Wildman–Crippen LogP) is 2.94. The number of carbonyl (C=O) groups is 1. The Morgan fingerprint density at radius 3 is 2.90 bits per heavy atom. The van der Waals surface area contributed by atoms with Gasteiger partial charge in [0, 0.05) is 36.1 Å². The number of rotatable bonds is 7. The molecule has 6 nitrogen and oxygen atoms in total. The summed E-state index contributed by atoms with van der Waals surface area (Å²) in [5, 5.41) is 1.87. The zero-order chi connectivity index (χ0) is 22.0. The summed E-state index contributed by atoms with van der Waals surface area (Å²) in [5.74, 6) is 0.892. The van der Waals surface area contributed by atoms with Crippen molar-refractivity contribution in [1.82, 2.24) is 15.0 Å². The molecule has 0 saturated heterocycles. The van der Waals surface area contributed by atoms with Crippen LogP contribution in [0.1, 0.15) is 64.9 Å². The minimum absolute atomic E-state index is 0.119. The third-order valence-electron chi connectivity index (χ3n) is 6.44. The summed E-state index contributed by atoms with van der Waals surface area (Å²) in [4.78, 5) is 33.0. The van der Waals surface area contributed by atoms with Crippen molar-refractivity contribution in [2.24, 2.45) is 4.99 Å². The number of carbonyl (C=O) groups excluding carboxylic acids is 1. The molecule has 0 radical (unpaired) electrons. The second-order valence-electron chi connectivity index (χ2n) is 9.09. The van der Waals surface area contributed by atoms with Crippen LogP contribution in [-0.2, 0) is 10.2 Å². The van der Waals surface area contributed by atoms with Crippen molar-refractivity contribution in [2.45, 2.75) is 76.8 Å². The van der Waals surface area contributed by atoms with Crippen molar-refractivity contribution in [2.75, 3.05) is 4.90 Å². The number of amides is 1. The van der Waals surface area contributed by atoms with Crippen molar-refractivity contribution < 1.29 is 4.79 Å². The molecule has 31 heavy (non-hydrogen) atoms. The van der Waals surface area contributed by atoms with Crippen LogP contribution in [0.3, 0.4) is 0 Å². The van der Waals surface area contributed by atoms with Crippen LogP contribution in [0, 0.1) is 0 Å². The predicted molar refractivity (Wildman–Crippen MR) is 124 cm³/mol. The first-order valence-corrected chi connectivity index (χ1v) is 11.2. The normalized spacial score (nSPS) is 23.1. The van der Waals surface area contributed by atoms with Gasteiger partial charge in [-0.1, -0.05) is 32.1 Å². The summed E-state index contributed by atoms with van der Waals surface area (Å²) in [7, 11) is 0. The number of nitrogens with zero attached hydrogens (tertiary/aromatic N) is 5. The number of fused-ring (bicyclic) bond motifs is 1. The van der Waals surface area contributed by atoms with Crippen LogP contribution in [-0.4, -0.2) is 38.7 Å². The summed E-state index contributed by atoms with van der Waals surface area (Å²) < 4.78 is 0. The van der Waals surface area contributed by atoms with E-state index in [1.807, 2.05) is 30.9 Å². The molecule has 3 heterocycles. The van der Waals surface area contributed by atoms with Crippen molar-refractivity contribution >= 4 is 30.1 Å². The first-order chi connectivity index (χ1) is 14.9. The van der Waals surface area contributed by atoms with Crippen LogP contribution in [0.25, 0.3) is 12.7 Å². The van der Waals surface area contributed by atoms with E-state index in [-0.39, 0.29) is 18.0 Å². The molecule has 1 amide bonds. The second-order valence-corrected chi connectivity index (χ2v) is 9.09. The van der Waals surface area contributed by atoms with E-state index in [1.54, 1.807) is 12.4 Å². The van der Waals surface area contributed by atoms with E-state index in [1.165, 1.54) is 12.0 Å². The molecule has 2 aromatic rings. The summed E-state index contributed by atoms with van der Waals surface area (Å²) >= 11 is 0. The van der Waals surface area contributed by atoms with Gasteiger partial charge in [0.25, 0.3) is 0 Å². The van der Waals surface area contributed by atoms with Gasteiger partial charge < -0.3 is 0 Å². The van der Waals surface area contributed by atoms with E-state index < -0.39 is 5.41 Å². The maximum atomic E-state index is 13.1. The smallest absolute Gasteiger partial charge is 0.238 e. The Morgan fingerprint density at radius 1 is 1.35 bits per heavy atom. The van der Waals surface area contributed by atoms with Crippen LogP contribution in [0.4, 0.5) is 5.82 Å². The van der Waals surface area contributed by atoms with Crippen molar-refractivity contribution in [3.8, 4) is 0 Å². The monoisotopic (exact) mass is 417 g/mol. The largest absolute Gasteiger partial charge is 0.292 e. The molecule has 6 heteroatoms. The van der Waals surface area contributed by atoms with Gasteiger partial charge in [0.2, 0.25) is 5.91 Å². The lowest BCUT2D eigenvalue weighted by atomic mass is 9.84. The molecule has 0 aromatic carbocycles. The highest BCUT2D eigenvalue weighted by Crippen LogP contribution is 2.44. The average Bonchev–Trinajstić information content (AvgIpc) is 2.93. The molecule has 0 unspecified atom stereocenters. The maximum absolute atomic E-state index is 13.1. The van der Waals surface area contributed by atoms with Crippen molar-refractivity contribution in [3.63, 3.8) is 0 Å². The number of hydrogen-bond donors (Lipinski definition) is 0. The average molecular weight is 418 g/mol. The highest BCUT2D eigenvalue weighted by Gasteiger charge is 2.50. The lowest BCUT2D eigenvalue weighted by Crippen LogP contribution is -2.51. The number of anilines is 1. The fourth-order valence-electron chi connectivity index (χ4n) is 4.39. The van der Waals surface area contributed by atoms with E-state index in [4.69, 9.17) is 4.99 Å². The number of hydrogen-bond acceptors (Lipinski definition) is 5. The third kappa shape index (κ3) is 4.16. The lowest BCUT2D eigenvalue weighted by Gasteiger charge is -2.39. The lowest BCUT2D eigenvalue weighted by molar-refractivity contribution is -0.122. The quantitative estimate of drug-likeness (QED) is 0.650. The standard InChI is InChI=1S/C25H31N5O/c1-5-6-9-18(10-11-22-17(2)8-7-12-27-22)29-19-13-20(14-19)30-23-21(15-26-16-28-23)25(3,4)24(30)31/h7-8,11-12,15-16,19-20H,2,5-6,9-10,13-14H2,1,3-4H3/b22-11+,29-18?. The Hall–Kier alpha value is -2.89. The SMILES string of the molecule is C=c1cccn/c1=C/CC(CCCC)=NC1CC(N2C(=O)C(C)(C)c3cncnc32)C1. The molecule has 2 aliphatic rings. The minimum Gasteiger partial charge on any atom is -0.292 e. The number of aromatic nitrogens is 3. The Bertz CT molecular complexity index is 1100. The van der Waals surface area contributed by atoms with E-state index in [2.05, 4.69) is 34.5 Å². The van der Waals surface area contributed by atoms with Crippen molar-refractivity contribution in [3.05, 3.63) is 47.0 Å². The molecular formula is C25H31N5O. The van der Waals surface area contributed by atoms with Crippen molar-refractivity contribution in [1.29, 1.82) is 0 Å². The maximum Gasteiger partial charge on any atom is 0.238 e. The van der Waals surface area contributed by atoms with Gasteiger partial charge in [-0.2, -0.15) is 0 Å². The van der Waals surface area contributed by atoms with Gasteiger partial charge in [0.05, 0.1) is 16.8 Å². The van der Waals surface area contributed by atoms with Crippen LogP contribution in [0.15, 0.2) is 35.8 Å². The Balaban J connectivity index is 1.47. The molecule has 4 rings (SSSR count). The van der Waals surface area contributed by atoms with E-state index in [9.17, 15) is 4.79 Å². The molecule has 1 saturated carbocycles. The molecule has 0 spiro atoms. The van der Waals surface area contributed by atoms with Crippen LogP contribution >= 0.6 is 0 Å². The molecule has 0 bridgehead atoms. The summed E-state index contributed by atoms with van der Waals surface area (Å²) in [6.45, 7) is 10.2. The number of pyridine rings is 1. The number of aliphatic imine (C=N–C) groups is 1. The molecule has 2 aromatic heterocycles. The van der Waals surface area contributed by atoms with Gasteiger partial charge in [0.1, 0.15) is 12.1 Å². The molecule has 0 N–H and O–H groups in total. The van der Waals surface area contributed by atoms with Gasteiger partial charge in [-0.25, -0.2) is 9.97 Å². The topological polar surface area (TPSA) is 71.3 Å². The van der Waals surface area contributed by atoms with Gasteiger partial charge in [-0.15, -0.1) is 0 Å². The van der Waals surface area contributed by atoms with Crippen LogP contribution in [0.2, 0.25) is 0 Å². The van der Waals surface area contributed by atoms with Crippen LogP contribution < -0.4 is 15.5 Å². The molecule has 1 fully saturated rings. The molecule has 162 valence electrons. The fourth-order valence-corrected chi connectivity index (χ4v) is 4.39. The number of unbranched alkanes of at least 4 members (excludes halogenated alkanes) is 1. The second kappa shape index (κ2) is 8.69. The van der Waals surface area contributed by atoms with E-state index in [0.717, 1.165) is 60.5 Å². The Kier molecular flexibility index (Phi) is 5.99.